The maximum absolute atomic E-state index is 11.5. The minimum absolute atomic E-state index is 0.0231. The largest absolute Gasteiger partial charge is 0.478 e. The fraction of sp³-hybridized carbons (Fsp3) is 0.375. The number of fused-ring (bicyclic) bond motifs is 3. The molecule has 130 valence electrons. The van der Waals surface area contributed by atoms with E-state index in [2.05, 4.69) is 10.1 Å². The number of nitrogens with zero attached hydrogens (tertiary/aromatic N) is 3. The highest BCUT2D eigenvalue weighted by Crippen LogP contribution is 2.33. The predicted octanol–water partition coefficient (Wildman–Crippen LogP) is 2.04. The lowest BCUT2D eigenvalue weighted by Gasteiger charge is -2.13. The van der Waals surface area contributed by atoms with Gasteiger partial charge in [0.1, 0.15) is 10.5 Å². The molecule has 0 fully saturated rings. The molecule has 1 unspecified atom stereocenters. The van der Waals surface area contributed by atoms with Gasteiger partial charge in [-0.1, -0.05) is 0 Å². The third-order valence-electron chi connectivity index (χ3n) is 4.39. The lowest BCUT2D eigenvalue weighted by atomic mass is 10.1. The van der Waals surface area contributed by atoms with E-state index in [1.54, 1.807) is 11.3 Å². The van der Waals surface area contributed by atoms with Crippen LogP contribution in [0.25, 0.3) is 4.83 Å². The van der Waals surface area contributed by atoms with Crippen molar-refractivity contribution in [2.45, 2.75) is 30.9 Å². The molecule has 1 atom stereocenters. The van der Waals surface area contributed by atoms with Gasteiger partial charge in [-0.05, 0) is 25.7 Å². The Bertz CT molecular complexity index is 941. The van der Waals surface area contributed by atoms with Gasteiger partial charge in [-0.25, -0.2) is 14.1 Å². The molecule has 2 N–H and O–H groups in total. The molecule has 2 aromatic rings. The summed E-state index contributed by atoms with van der Waals surface area (Å²) in [5, 5.41) is 22.8. The minimum Gasteiger partial charge on any atom is -0.478 e. The molecule has 25 heavy (non-hydrogen) atoms. The first-order chi connectivity index (χ1) is 12.0. The molecular weight excluding hydrogens is 362 g/mol. The number of aryl methyl sites for hydroxylation is 2. The van der Waals surface area contributed by atoms with Crippen LogP contribution >= 0.6 is 23.1 Å². The van der Waals surface area contributed by atoms with Crippen LogP contribution in [-0.2, 0) is 28.9 Å². The van der Waals surface area contributed by atoms with Crippen molar-refractivity contribution in [3.05, 3.63) is 34.1 Å². The standard InChI is InChI=1S/C16H15N3O4S2/c20-15(21)10-5-17-12(16(22)23)7-24-13(10)4-8-6-19-14(25-8)9-2-1-3-11(9)18-19/h5-6,13H,1-4,7H2,(H,20,21)(H,22,23). The van der Waals surface area contributed by atoms with Gasteiger partial charge in [0.2, 0.25) is 0 Å². The molecule has 1 aliphatic heterocycles. The van der Waals surface area contributed by atoms with E-state index in [-0.39, 0.29) is 22.3 Å². The fourth-order valence-electron chi connectivity index (χ4n) is 3.16. The summed E-state index contributed by atoms with van der Waals surface area (Å²) in [6, 6.07) is 0. The number of hydrogen-bond acceptors (Lipinski definition) is 6. The Hall–Kier alpha value is -2.13. The number of carboxylic acid groups (broad SMARTS) is 2. The molecule has 1 aliphatic carbocycles. The molecule has 9 heteroatoms. The Balaban J connectivity index is 1.60. The van der Waals surface area contributed by atoms with Crippen LogP contribution in [0.4, 0.5) is 0 Å². The van der Waals surface area contributed by atoms with E-state index >= 15 is 0 Å². The zero-order chi connectivity index (χ0) is 17.6. The molecule has 0 amide bonds. The topological polar surface area (TPSA) is 104 Å². The lowest BCUT2D eigenvalue weighted by molar-refractivity contribution is -0.133. The highest BCUT2D eigenvalue weighted by Gasteiger charge is 2.27. The average Bonchev–Trinajstić information content (AvgIpc) is 3.16. The first kappa shape index (κ1) is 16.3. The van der Waals surface area contributed by atoms with Crippen molar-refractivity contribution in [1.29, 1.82) is 0 Å². The number of aliphatic carboxylic acids is 2. The van der Waals surface area contributed by atoms with E-state index in [0.29, 0.717) is 6.42 Å². The molecule has 3 heterocycles. The van der Waals surface area contributed by atoms with Gasteiger partial charge >= 0.3 is 11.9 Å². The summed E-state index contributed by atoms with van der Waals surface area (Å²) < 4.78 is 1.90. The summed E-state index contributed by atoms with van der Waals surface area (Å²) in [7, 11) is 0. The van der Waals surface area contributed by atoms with E-state index < -0.39 is 11.9 Å². The molecule has 0 saturated carbocycles. The number of carbonyl (C=O) groups is 2. The first-order valence-corrected chi connectivity index (χ1v) is 9.73. The summed E-state index contributed by atoms with van der Waals surface area (Å²) in [6.45, 7) is 0. The second kappa shape index (κ2) is 6.30. The monoisotopic (exact) mass is 377 g/mol. The number of hydrogen-bond donors (Lipinski definition) is 2. The normalized spacial score (nSPS) is 20.1. The summed E-state index contributed by atoms with van der Waals surface area (Å²) in [5.41, 5.74) is 2.60. The second-order valence-electron chi connectivity index (χ2n) is 6.00. The van der Waals surface area contributed by atoms with E-state index in [1.807, 2.05) is 10.7 Å². The van der Waals surface area contributed by atoms with E-state index in [4.69, 9.17) is 5.11 Å². The summed E-state index contributed by atoms with van der Waals surface area (Å²) >= 11 is 2.95. The number of thiazole rings is 1. The van der Waals surface area contributed by atoms with Gasteiger partial charge in [0.25, 0.3) is 0 Å². The smallest absolute Gasteiger partial charge is 0.351 e. The molecule has 2 aliphatic rings. The Morgan fingerprint density at radius 3 is 2.88 bits per heavy atom. The van der Waals surface area contributed by atoms with Gasteiger partial charge in [-0.3, -0.25) is 4.99 Å². The van der Waals surface area contributed by atoms with Gasteiger partial charge in [0.05, 0.1) is 11.3 Å². The fourth-order valence-corrected chi connectivity index (χ4v) is 5.64. The van der Waals surface area contributed by atoms with Crippen molar-refractivity contribution in [3.63, 3.8) is 0 Å². The van der Waals surface area contributed by atoms with Crippen molar-refractivity contribution < 1.29 is 19.8 Å². The Morgan fingerprint density at radius 2 is 2.12 bits per heavy atom. The SMILES string of the molecule is O=C(O)C1=CN=C(C(=O)O)CSC1Cc1cn2nc3c(c2s1)CCC3. The molecule has 7 nitrogen and oxygen atoms in total. The van der Waals surface area contributed by atoms with Crippen molar-refractivity contribution >= 4 is 45.6 Å². The van der Waals surface area contributed by atoms with Crippen molar-refractivity contribution in [2.24, 2.45) is 4.99 Å². The maximum Gasteiger partial charge on any atom is 0.351 e. The molecule has 0 radical (unpaired) electrons. The van der Waals surface area contributed by atoms with Crippen molar-refractivity contribution in [1.82, 2.24) is 9.61 Å². The van der Waals surface area contributed by atoms with E-state index in [9.17, 15) is 14.7 Å². The Labute approximate surface area is 151 Å². The third-order valence-corrected chi connectivity index (χ3v) is 6.81. The zero-order valence-electron chi connectivity index (χ0n) is 13.1. The van der Waals surface area contributed by atoms with Crippen LogP contribution in [0.2, 0.25) is 0 Å². The van der Waals surface area contributed by atoms with Gasteiger partial charge in [0, 0.05) is 33.8 Å². The highest BCUT2D eigenvalue weighted by atomic mass is 32.2. The quantitative estimate of drug-likeness (QED) is 0.845. The number of aromatic nitrogens is 2. The minimum atomic E-state index is -1.11. The van der Waals surface area contributed by atoms with Crippen LogP contribution in [0.3, 0.4) is 0 Å². The maximum atomic E-state index is 11.5. The van der Waals surface area contributed by atoms with Crippen molar-refractivity contribution in [2.75, 3.05) is 5.75 Å². The first-order valence-electron chi connectivity index (χ1n) is 7.86. The number of thioether (sulfide) groups is 1. The number of rotatable bonds is 4. The molecule has 0 spiro atoms. The van der Waals surface area contributed by atoms with Crippen molar-refractivity contribution in [3.8, 4) is 0 Å². The molecule has 0 bridgehead atoms. The zero-order valence-corrected chi connectivity index (χ0v) is 14.8. The van der Waals surface area contributed by atoms with Crippen LogP contribution in [0, 0.1) is 0 Å². The van der Waals surface area contributed by atoms with Crippen LogP contribution in [0.15, 0.2) is 23.0 Å². The Morgan fingerprint density at radius 1 is 1.28 bits per heavy atom. The molecule has 0 aromatic carbocycles. The van der Waals surface area contributed by atoms with Crippen LogP contribution in [-0.4, -0.2) is 48.5 Å². The number of aliphatic imine (C=N–C) groups is 1. The van der Waals surface area contributed by atoms with Gasteiger partial charge in [0.15, 0.2) is 0 Å². The molecule has 0 saturated heterocycles. The Kier molecular flexibility index (Phi) is 4.12. The summed E-state index contributed by atoms with van der Waals surface area (Å²) in [5.74, 6) is -1.99. The third kappa shape index (κ3) is 2.98. The van der Waals surface area contributed by atoms with E-state index in [0.717, 1.165) is 29.0 Å². The molecule has 4 rings (SSSR count). The molecular formula is C16H15N3O4S2. The average molecular weight is 377 g/mol. The van der Waals surface area contributed by atoms with Gasteiger partial charge in [-0.15, -0.1) is 23.1 Å². The number of carboxylic acids is 2. The van der Waals surface area contributed by atoms with Gasteiger partial charge in [-0.2, -0.15) is 5.10 Å². The van der Waals surface area contributed by atoms with E-state index in [1.165, 1.54) is 29.2 Å². The summed E-state index contributed by atoms with van der Waals surface area (Å²) in [4.78, 5) is 28.7. The predicted molar refractivity (Wildman–Crippen MR) is 95.8 cm³/mol. The molecule has 2 aromatic heterocycles. The van der Waals surface area contributed by atoms with Gasteiger partial charge < -0.3 is 10.2 Å². The second-order valence-corrected chi connectivity index (χ2v) is 8.31. The summed E-state index contributed by atoms with van der Waals surface area (Å²) in [6.07, 6.45) is 6.88. The van der Waals surface area contributed by atoms with Crippen LogP contribution < -0.4 is 0 Å². The highest BCUT2D eigenvalue weighted by molar-refractivity contribution is 8.00. The van der Waals surface area contributed by atoms with Crippen LogP contribution in [0.1, 0.15) is 22.6 Å². The van der Waals surface area contributed by atoms with Crippen LogP contribution in [0.5, 0.6) is 0 Å². The lowest BCUT2D eigenvalue weighted by Crippen LogP contribution is -2.19.